The van der Waals surface area contributed by atoms with E-state index in [2.05, 4.69) is 11.4 Å². The van der Waals surface area contributed by atoms with Gasteiger partial charge in [-0.15, -0.1) is 0 Å². The molecular formula is C16H15FN2O. The van der Waals surface area contributed by atoms with Gasteiger partial charge < -0.3 is 10.1 Å². The number of nitrogens with one attached hydrogen (secondary N) is 1. The summed E-state index contributed by atoms with van der Waals surface area (Å²) in [6.45, 7) is 2.50. The molecule has 0 bridgehead atoms. The molecule has 0 aliphatic heterocycles. The normalized spacial score (nSPS) is 10.1. The van der Waals surface area contributed by atoms with Crippen molar-refractivity contribution in [2.75, 3.05) is 7.05 Å². The molecule has 0 spiro atoms. The Morgan fingerprint density at radius 2 is 2.00 bits per heavy atom. The van der Waals surface area contributed by atoms with Crippen molar-refractivity contribution in [3.8, 4) is 17.6 Å². The van der Waals surface area contributed by atoms with Gasteiger partial charge in [-0.3, -0.25) is 0 Å². The third-order valence-corrected chi connectivity index (χ3v) is 2.92. The molecule has 0 atom stereocenters. The van der Waals surface area contributed by atoms with Crippen molar-refractivity contribution in [3.05, 3.63) is 58.9 Å². The van der Waals surface area contributed by atoms with Crippen LogP contribution < -0.4 is 10.1 Å². The average Bonchev–Trinajstić information content (AvgIpc) is 2.44. The van der Waals surface area contributed by atoms with Crippen molar-refractivity contribution >= 4 is 0 Å². The van der Waals surface area contributed by atoms with Gasteiger partial charge in [0.15, 0.2) is 0 Å². The topological polar surface area (TPSA) is 45.0 Å². The second-order valence-electron chi connectivity index (χ2n) is 4.48. The van der Waals surface area contributed by atoms with E-state index in [0.29, 0.717) is 23.6 Å². The van der Waals surface area contributed by atoms with E-state index in [1.54, 1.807) is 18.2 Å². The third kappa shape index (κ3) is 3.14. The van der Waals surface area contributed by atoms with Crippen LogP contribution in [0.2, 0.25) is 0 Å². The molecule has 0 radical (unpaired) electrons. The monoisotopic (exact) mass is 270 g/mol. The maximum atomic E-state index is 13.2. The summed E-state index contributed by atoms with van der Waals surface area (Å²) in [7, 11) is 1.84. The van der Waals surface area contributed by atoms with E-state index in [9.17, 15) is 9.65 Å². The Balaban J connectivity index is 2.34. The summed E-state index contributed by atoms with van der Waals surface area (Å²) in [4.78, 5) is 0. The maximum absolute atomic E-state index is 13.2. The molecular weight excluding hydrogens is 255 g/mol. The molecule has 2 aromatic rings. The highest BCUT2D eigenvalue weighted by Gasteiger charge is 2.08. The minimum Gasteiger partial charge on any atom is -0.456 e. The second kappa shape index (κ2) is 6.18. The smallest absolute Gasteiger partial charge is 0.145 e. The highest BCUT2D eigenvalue weighted by atomic mass is 19.1. The van der Waals surface area contributed by atoms with Crippen LogP contribution in [0.4, 0.5) is 4.39 Å². The molecule has 0 amide bonds. The molecule has 4 heteroatoms. The number of hydrogen-bond acceptors (Lipinski definition) is 3. The molecule has 3 nitrogen and oxygen atoms in total. The van der Waals surface area contributed by atoms with E-state index >= 15 is 0 Å². The number of nitriles is 1. The third-order valence-electron chi connectivity index (χ3n) is 2.92. The van der Waals surface area contributed by atoms with Crippen molar-refractivity contribution in [2.45, 2.75) is 13.5 Å². The lowest BCUT2D eigenvalue weighted by molar-refractivity contribution is 0.471. The quantitative estimate of drug-likeness (QED) is 0.924. The molecule has 0 saturated heterocycles. The van der Waals surface area contributed by atoms with Crippen molar-refractivity contribution < 1.29 is 9.13 Å². The SMILES string of the molecule is CNCc1ccc(Oc2cc(F)ccc2C)c(C#N)c1. The predicted octanol–water partition coefficient (Wildman–Crippen LogP) is 3.52. The summed E-state index contributed by atoms with van der Waals surface area (Å²) in [5.41, 5.74) is 2.24. The molecule has 0 fully saturated rings. The van der Waals surface area contributed by atoms with Gasteiger partial charge in [-0.1, -0.05) is 12.1 Å². The number of halogens is 1. The molecule has 0 aromatic heterocycles. The molecule has 2 rings (SSSR count). The van der Waals surface area contributed by atoms with E-state index in [-0.39, 0.29) is 5.82 Å². The minimum atomic E-state index is -0.365. The van der Waals surface area contributed by atoms with E-state index in [1.165, 1.54) is 12.1 Å². The number of rotatable bonds is 4. The summed E-state index contributed by atoms with van der Waals surface area (Å²) in [6, 6.07) is 11.8. The number of benzene rings is 2. The Morgan fingerprint density at radius 1 is 1.20 bits per heavy atom. The largest absolute Gasteiger partial charge is 0.456 e. The number of ether oxygens (including phenoxy) is 1. The first-order chi connectivity index (χ1) is 9.63. The van der Waals surface area contributed by atoms with Gasteiger partial charge in [0.2, 0.25) is 0 Å². The van der Waals surface area contributed by atoms with E-state index in [0.717, 1.165) is 11.1 Å². The van der Waals surface area contributed by atoms with E-state index in [1.807, 2.05) is 20.0 Å². The molecule has 0 aliphatic carbocycles. The highest BCUT2D eigenvalue weighted by molar-refractivity contribution is 5.48. The van der Waals surface area contributed by atoms with Crippen molar-refractivity contribution in [1.29, 1.82) is 5.26 Å². The number of nitrogens with zero attached hydrogens (tertiary/aromatic N) is 1. The number of aryl methyl sites for hydroxylation is 1. The van der Waals surface area contributed by atoms with Crippen LogP contribution in [0.5, 0.6) is 11.5 Å². The number of hydrogen-bond donors (Lipinski definition) is 1. The zero-order chi connectivity index (χ0) is 14.5. The summed E-state index contributed by atoms with van der Waals surface area (Å²) in [5, 5.41) is 12.2. The molecule has 0 aliphatic rings. The Hall–Kier alpha value is -2.38. The summed E-state index contributed by atoms with van der Waals surface area (Å²) >= 11 is 0. The van der Waals surface area contributed by atoms with Gasteiger partial charge in [0.1, 0.15) is 23.4 Å². The van der Waals surface area contributed by atoms with Crippen molar-refractivity contribution in [1.82, 2.24) is 5.32 Å². The van der Waals surface area contributed by atoms with Crippen LogP contribution in [0.15, 0.2) is 36.4 Å². The zero-order valence-corrected chi connectivity index (χ0v) is 11.4. The lowest BCUT2D eigenvalue weighted by Crippen LogP contribution is -2.05. The Labute approximate surface area is 117 Å². The maximum Gasteiger partial charge on any atom is 0.145 e. The molecule has 0 heterocycles. The molecule has 1 N–H and O–H groups in total. The minimum absolute atomic E-state index is 0.365. The van der Waals surface area contributed by atoms with Gasteiger partial charge in [-0.2, -0.15) is 5.26 Å². The second-order valence-corrected chi connectivity index (χ2v) is 4.48. The van der Waals surface area contributed by atoms with Crippen LogP contribution in [0.25, 0.3) is 0 Å². The van der Waals surface area contributed by atoms with Crippen molar-refractivity contribution in [3.63, 3.8) is 0 Å². The Morgan fingerprint density at radius 3 is 2.70 bits per heavy atom. The van der Waals surface area contributed by atoms with Crippen LogP contribution in [0.1, 0.15) is 16.7 Å². The lowest BCUT2D eigenvalue weighted by atomic mass is 10.1. The summed E-state index contributed by atoms with van der Waals surface area (Å²) < 4.78 is 18.9. The van der Waals surface area contributed by atoms with Crippen LogP contribution in [0, 0.1) is 24.1 Å². The molecule has 102 valence electrons. The van der Waals surface area contributed by atoms with Gasteiger partial charge in [0.05, 0.1) is 5.56 Å². The highest BCUT2D eigenvalue weighted by Crippen LogP contribution is 2.28. The molecule has 20 heavy (non-hydrogen) atoms. The van der Waals surface area contributed by atoms with Crippen LogP contribution in [-0.2, 0) is 6.54 Å². The summed E-state index contributed by atoms with van der Waals surface area (Å²) in [5.74, 6) is 0.486. The Bertz CT molecular complexity index is 662. The van der Waals surface area contributed by atoms with Gasteiger partial charge in [0, 0.05) is 12.6 Å². The first-order valence-electron chi connectivity index (χ1n) is 6.25. The first kappa shape index (κ1) is 14.0. The molecule has 0 unspecified atom stereocenters. The lowest BCUT2D eigenvalue weighted by Gasteiger charge is -2.11. The first-order valence-corrected chi connectivity index (χ1v) is 6.25. The molecule has 2 aromatic carbocycles. The average molecular weight is 270 g/mol. The van der Waals surface area contributed by atoms with Crippen LogP contribution >= 0.6 is 0 Å². The standard InChI is InChI=1S/C16H15FN2O/c1-11-3-5-14(17)8-16(11)20-15-6-4-12(10-19-2)7-13(15)9-18/h3-8,19H,10H2,1-2H3. The predicted molar refractivity (Wildman–Crippen MR) is 75.1 cm³/mol. The van der Waals surface area contributed by atoms with E-state index in [4.69, 9.17) is 4.74 Å². The van der Waals surface area contributed by atoms with Gasteiger partial charge in [-0.05, 0) is 43.3 Å². The molecule has 0 saturated carbocycles. The summed E-state index contributed by atoms with van der Waals surface area (Å²) in [6.07, 6.45) is 0. The van der Waals surface area contributed by atoms with Crippen molar-refractivity contribution in [2.24, 2.45) is 0 Å². The zero-order valence-electron chi connectivity index (χ0n) is 11.4. The fraction of sp³-hybridized carbons (Fsp3) is 0.188. The fourth-order valence-corrected chi connectivity index (χ4v) is 1.87. The Kier molecular flexibility index (Phi) is 4.34. The van der Waals surface area contributed by atoms with E-state index < -0.39 is 0 Å². The van der Waals surface area contributed by atoms with Crippen LogP contribution in [-0.4, -0.2) is 7.05 Å². The van der Waals surface area contributed by atoms with Crippen LogP contribution in [0.3, 0.4) is 0 Å². The van der Waals surface area contributed by atoms with Gasteiger partial charge in [-0.25, -0.2) is 4.39 Å². The van der Waals surface area contributed by atoms with Gasteiger partial charge in [0.25, 0.3) is 0 Å². The fourth-order valence-electron chi connectivity index (χ4n) is 1.87. The van der Waals surface area contributed by atoms with Gasteiger partial charge >= 0.3 is 0 Å².